The van der Waals surface area contributed by atoms with Crippen molar-refractivity contribution in [1.82, 2.24) is 10.6 Å². The molecular weight excluding hydrogens is 408 g/mol. The van der Waals surface area contributed by atoms with Crippen LogP contribution < -0.4 is 20.1 Å². The smallest absolute Gasteiger partial charge is 0.267 e. The van der Waals surface area contributed by atoms with E-state index in [0.29, 0.717) is 24.5 Å². The predicted octanol–water partition coefficient (Wildman–Crippen LogP) is 3.14. The molecule has 0 heterocycles. The normalized spacial score (nSPS) is 13.4. The van der Waals surface area contributed by atoms with Crippen LogP contribution in [-0.2, 0) is 4.79 Å². The largest absolute Gasteiger partial charge is 0.494 e. The lowest BCUT2D eigenvalue weighted by atomic mass is 10.1. The lowest BCUT2D eigenvalue weighted by molar-refractivity contribution is -0.117. The van der Waals surface area contributed by atoms with Crippen LogP contribution in [0.25, 0.3) is 6.08 Å². The van der Waals surface area contributed by atoms with Crippen molar-refractivity contribution in [2.75, 3.05) is 26.4 Å². The molecule has 0 radical (unpaired) electrons. The average molecular weight is 439 g/mol. The van der Waals surface area contributed by atoms with Crippen molar-refractivity contribution in [3.8, 4) is 11.5 Å². The van der Waals surface area contributed by atoms with Crippen LogP contribution in [0.4, 0.5) is 0 Å². The summed E-state index contributed by atoms with van der Waals surface area (Å²) in [7, 11) is 0. The number of hydrogen-bond acceptors (Lipinski definition) is 5. The first-order valence-corrected chi connectivity index (χ1v) is 11.0. The molecule has 1 fully saturated rings. The number of hydrogen-bond donors (Lipinski definition) is 3. The fraction of sp³-hybridized carbons (Fsp3) is 0.360. The molecule has 3 rings (SSSR count). The Kier molecular flexibility index (Phi) is 8.69. The predicted molar refractivity (Wildman–Crippen MR) is 122 cm³/mol. The maximum absolute atomic E-state index is 12.7. The monoisotopic (exact) mass is 438 g/mol. The molecule has 2 aromatic carbocycles. The SMILES string of the molecule is CCOc1ccc(/C=C(\NC(=O)c2ccc(OCCC3CC3)cc2)C(=O)NCCO)cc1. The molecule has 1 aliphatic carbocycles. The van der Waals surface area contributed by atoms with Crippen molar-refractivity contribution < 1.29 is 24.2 Å². The second kappa shape index (κ2) is 11.9. The second-order valence-corrected chi connectivity index (χ2v) is 7.60. The van der Waals surface area contributed by atoms with Crippen molar-refractivity contribution in [3.05, 3.63) is 65.4 Å². The summed E-state index contributed by atoms with van der Waals surface area (Å²) in [4.78, 5) is 25.3. The van der Waals surface area contributed by atoms with Crippen LogP contribution in [0.15, 0.2) is 54.2 Å². The van der Waals surface area contributed by atoms with E-state index in [1.54, 1.807) is 54.6 Å². The minimum Gasteiger partial charge on any atom is -0.494 e. The first kappa shape index (κ1) is 23.3. The van der Waals surface area contributed by atoms with E-state index in [4.69, 9.17) is 14.6 Å². The molecule has 0 aliphatic heterocycles. The number of nitrogens with one attached hydrogen (secondary N) is 2. The third-order valence-electron chi connectivity index (χ3n) is 5.00. The highest BCUT2D eigenvalue weighted by Crippen LogP contribution is 2.32. The molecule has 32 heavy (non-hydrogen) atoms. The van der Waals surface area contributed by atoms with Gasteiger partial charge in [-0.25, -0.2) is 0 Å². The molecule has 2 aromatic rings. The summed E-state index contributed by atoms with van der Waals surface area (Å²) in [5.74, 6) is 1.34. The molecule has 3 N–H and O–H groups in total. The highest BCUT2D eigenvalue weighted by molar-refractivity contribution is 6.05. The zero-order valence-electron chi connectivity index (χ0n) is 18.3. The van der Waals surface area contributed by atoms with Crippen molar-refractivity contribution in [2.24, 2.45) is 5.92 Å². The van der Waals surface area contributed by atoms with Crippen molar-refractivity contribution in [1.29, 1.82) is 0 Å². The molecular formula is C25H30N2O5. The molecule has 0 unspecified atom stereocenters. The Bertz CT molecular complexity index is 918. The summed E-state index contributed by atoms with van der Waals surface area (Å²) in [6, 6.07) is 14.0. The lowest BCUT2D eigenvalue weighted by Gasteiger charge is -2.11. The molecule has 0 spiro atoms. The molecule has 0 saturated heterocycles. The highest BCUT2D eigenvalue weighted by Gasteiger charge is 2.20. The Labute approximate surface area is 188 Å². The summed E-state index contributed by atoms with van der Waals surface area (Å²) < 4.78 is 11.1. The van der Waals surface area contributed by atoms with Gasteiger partial charge in [-0.3, -0.25) is 9.59 Å². The summed E-state index contributed by atoms with van der Waals surface area (Å²) in [5.41, 5.74) is 1.21. The first-order chi connectivity index (χ1) is 15.6. The van der Waals surface area contributed by atoms with E-state index in [2.05, 4.69) is 10.6 Å². The summed E-state index contributed by atoms with van der Waals surface area (Å²) in [6.07, 6.45) is 5.22. The van der Waals surface area contributed by atoms with Gasteiger partial charge in [0.05, 0.1) is 19.8 Å². The molecule has 170 valence electrons. The minimum atomic E-state index is -0.485. The van der Waals surface area contributed by atoms with Crippen LogP contribution in [0.5, 0.6) is 11.5 Å². The van der Waals surface area contributed by atoms with Gasteiger partial charge in [0, 0.05) is 12.1 Å². The van der Waals surface area contributed by atoms with Gasteiger partial charge >= 0.3 is 0 Å². The molecule has 0 aromatic heterocycles. The van der Waals surface area contributed by atoms with Gasteiger partial charge in [-0.1, -0.05) is 25.0 Å². The van der Waals surface area contributed by atoms with E-state index < -0.39 is 11.8 Å². The van der Waals surface area contributed by atoms with E-state index in [0.717, 1.165) is 23.7 Å². The molecule has 0 bridgehead atoms. The first-order valence-electron chi connectivity index (χ1n) is 11.0. The van der Waals surface area contributed by atoms with Gasteiger partial charge in [-0.2, -0.15) is 0 Å². The standard InChI is InChI=1S/C25H30N2O5/c1-2-31-21-9-5-19(6-10-21)17-23(25(30)26-14-15-28)27-24(29)20-7-11-22(12-8-20)32-16-13-18-3-4-18/h5-12,17-18,28H,2-4,13-16H2,1H3,(H,26,30)(H,27,29)/b23-17-. The molecule has 1 saturated carbocycles. The van der Waals surface area contributed by atoms with Crippen LogP contribution in [0.2, 0.25) is 0 Å². The van der Waals surface area contributed by atoms with Gasteiger partial charge in [0.2, 0.25) is 0 Å². The molecule has 7 heteroatoms. The van der Waals surface area contributed by atoms with Crippen molar-refractivity contribution in [2.45, 2.75) is 26.2 Å². The number of aliphatic hydroxyl groups excluding tert-OH is 1. The molecule has 2 amide bonds. The van der Waals surface area contributed by atoms with Crippen LogP contribution in [0, 0.1) is 5.92 Å². The summed E-state index contributed by atoms with van der Waals surface area (Å²) in [6.45, 7) is 3.03. The van der Waals surface area contributed by atoms with E-state index in [1.807, 2.05) is 6.92 Å². The third-order valence-corrected chi connectivity index (χ3v) is 5.00. The fourth-order valence-corrected chi connectivity index (χ4v) is 3.06. The number of rotatable bonds is 12. The fourth-order valence-electron chi connectivity index (χ4n) is 3.06. The van der Waals surface area contributed by atoms with Gasteiger partial charge in [-0.15, -0.1) is 0 Å². The number of carbonyl (C=O) groups excluding carboxylic acids is 2. The highest BCUT2D eigenvalue weighted by atomic mass is 16.5. The zero-order valence-corrected chi connectivity index (χ0v) is 18.3. The third kappa shape index (κ3) is 7.42. The van der Waals surface area contributed by atoms with Gasteiger partial charge in [0.15, 0.2) is 0 Å². The summed E-state index contributed by atoms with van der Waals surface area (Å²) in [5, 5.41) is 14.2. The van der Waals surface area contributed by atoms with Gasteiger partial charge in [0.1, 0.15) is 17.2 Å². The minimum absolute atomic E-state index is 0.0809. The summed E-state index contributed by atoms with van der Waals surface area (Å²) >= 11 is 0. The maximum atomic E-state index is 12.7. The topological polar surface area (TPSA) is 96.9 Å². The van der Waals surface area contributed by atoms with Crippen molar-refractivity contribution in [3.63, 3.8) is 0 Å². The van der Waals surface area contributed by atoms with Crippen LogP contribution in [0.1, 0.15) is 42.1 Å². The van der Waals surface area contributed by atoms with Gasteiger partial charge < -0.3 is 25.2 Å². The quantitative estimate of drug-likeness (QED) is 0.443. The van der Waals surface area contributed by atoms with E-state index >= 15 is 0 Å². The number of benzene rings is 2. The van der Waals surface area contributed by atoms with E-state index in [1.165, 1.54) is 12.8 Å². The molecule has 7 nitrogen and oxygen atoms in total. The number of ether oxygens (including phenoxy) is 2. The Hall–Kier alpha value is -3.32. The van der Waals surface area contributed by atoms with Crippen LogP contribution in [0.3, 0.4) is 0 Å². The lowest BCUT2D eigenvalue weighted by Crippen LogP contribution is -2.36. The average Bonchev–Trinajstić information content (AvgIpc) is 3.63. The number of aliphatic hydroxyl groups is 1. The maximum Gasteiger partial charge on any atom is 0.267 e. The molecule has 0 atom stereocenters. The Balaban J connectivity index is 1.67. The molecule has 1 aliphatic rings. The van der Waals surface area contributed by atoms with E-state index in [-0.39, 0.29) is 18.8 Å². The van der Waals surface area contributed by atoms with E-state index in [9.17, 15) is 9.59 Å². The Morgan fingerprint density at radius 1 is 1.03 bits per heavy atom. The van der Waals surface area contributed by atoms with Crippen LogP contribution >= 0.6 is 0 Å². The van der Waals surface area contributed by atoms with Gasteiger partial charge in [0.25, 0.3) is 11.8 Å². The second-order valence-electron chi connectivity index (χ2n) is 7.60. The van der Waals surface area contributed by atoms with Crippen LogP contribution in [-0.4, -0.2) is 43.3 Å². The Morgan fingerprint density at radius 2 is 1.69 bits per heavy atom. The zero-order chi connectivity index (χ0) is 22.8. The van der Waals surface area contributed by atoms with Crippen molar-refractivity contribution >= 4 is 17.9 Å². The van der Waals surface area contributed by atoms with Gasteiger partial charge in [-0.05, 0) is 67.3 Å². The number of carbonyl (C=O) groups is 2. The number of amides is 2. The Morgan fingerprint density at radius 3 is 2.31 bits per heavy atom.